The van der Waals surface area contributed by atoms with E-state index in [2.05, 4.69) is 20.7 Å². The van der Waals surface area contributed by atoms with Crippen molar-refractivity contribution in [1.82, 2.24) is 4.72 Å². The molecule has 0 heterocycles. The summed E-state index contributed by atoms with van der Waals surface area (Å²) in [6, 6.07) is 3.90. The molecule has 0 amide bonds. The van der Waals surface area contributed by atoms with Gasteiger partial charge in [-0.25, -0.2) is 17.9 Å². The summed E-state index contributed by atoms with van der Waals surface area (Å²) in [5.74, 6) is -1.09. The molecule has 7 heteroatoms. The van der Waals surface area contributed by atoms with Crippen LogP contribution in [-0.4, -0.2) is 25.0 Å². The van der Waals surface area contributed by atoms with E-state index in [1.165, 1.54) is 18.2 Å². The Morgan fingerprint density at radius 2 is 1.95 bits per heavy atom. The summed E-state index contributed by atoms with van der Waals surface area (Å²) in [5, 5.41) is 8.89. The summed E-state index contributed by atoms with van der Waals surface area (Å²) >= 11 is 3.14. The Morgan fingerprint density at radius 1 is 1.35 bits per heavy atom. The first-order valence-electron chi connectivity index (χ1n) is 6.30. The third kappa shape index (κ3) is 3.21. The maximum absolute atomic E-state index is 12.4. The Balaban J connectivity index is 2.32. The van der Waals surface area contributed by atoms with Crippen molar-refractivity contribution >= 4 is 31.9 Å². The molecule has 1 aromatic rings. The molecule has 1 aliphatic rings. The molecule has 0 radical (unpaired) electrons. The van der Waals surface area contributed by atoms with Crippen molar-refractivity contribution in [2.75, 3.05) is 0 Å². The molecular formula is C13H16BrNO4S. The van der Waals surface area contributed by atoms with Gasteiger partial charge in [-0.2, -0.15) is 0 Å². The van der Waals surface area contributed by atoms with Crippen LogP contribution in [0.2, 0.25) is 0 Å². The quantitative estimate of drug-likeness (QED) is 0.863. The van der Waals surface area contributed by atoms with Crippen molar-refractivity contribution < 1.29 is 18.3 Å². The van der Waals surface area contributed by atoms with E-state index in [0.29, 0.717) is 0 Å². The van der Waals surface area contributed by atoms with Gasteiger partial charge in [0.25, 0.3) is 0 Å². The van der Waals surface area contributed by atoms with Crippen LogP contribution < -0.4 is 4.72 Å². The van der Waals surface area contributed by atoms with Crippen molar-refractivity contribution in [2.45, 2.75) is 43.0 Å². The molecule has 1 fully saturated rings. The molecule has 20 heavy (non-hydrogen) atoms. The normalized spacial score (nSPS) is 18.1. The molecule has 5 nitrogen and oxygen atoms in total. The van der Waals surface area contributed by atoms with Gasteiger partial charge in [0, 0.05) is 10.0 Å². The van der Waals surface area contributed by atoms with Gasteiger partial charge >= 0.3 is 5.97 Å². The lowest BCUT2D eigenvalue weighted by Gasteiger charge is -2.25. The maximum Gasteiger partial charge on any atom is 0.335 e. The van der Waals surface area contributed by atoms with Crippen LogP contribution >= 0.6 is 15.9 Å². The molecule has 1 saturated carbocycles. The average molecular weight is 362 g/mol. The minimum atomic E-state index is -3.67. The van der Waals surface area contributed by atoms with E-state index in [1.807, 2.05) is 6.92 Å². The molecule has 0 atom stereocenters. The second-order valence-electron chi connectivity index (χ2n) is 5.32. The fourth-order valence-electron chi connectivity index (χ4n) is 2.49. The number of aromatic carboxylic acids is 1. The average Bonchev–Trinajstić information content (AvgIpc) is 2.74. The minimum absolute atomic E-state index is 0.0444. The third-order valence-electron chi connectivity index (χ3n) is 3.56. The molecule has 0 aliphatic heterocycles. The Kier molecular flexibility index (Phi) is 4.22. The Labute approximate surface area is 126 Å². The predicted octanol–water partition coefficient (Wildman–Crippen LogP) is 2.76. The zero-order valence-electron chi connectivity index (χ0n) is 11.0. The van der Waals surface area contributed by atoms with Crippen molar-refractivity contribution in [2.24, 2.45) is 0 Å². The minimum Gasteiger partial charge on any atom is -0.478 e. The smallest absolute Gasteiger partial charge is 0.335 e. The highest BCUT2D eigenvalue weighted by molar-refractivity contribution is 9.10. The molecule has 2 N–H and O–H groups in total. The molecule has 1 aromatic carbocycles. The molecule has 0 bridgehead atoms. The second kappa shape index (κ2) is 5.46. The number of sulfonamides is 1. The van der Waals surface area contributed by atoms with Crippen molar-refractivity contribution in [3.05, 3.63) is 28.2 Å². The molecule has 2 rings (SSSR count). The molecule has 0 spiro atoms. The number of nitrogens with one attached hydrogen (secondary N) is 1. The van der Waals surface area contributed by atoms with Crippen LogP contribution in [0.4, 0.5) is 0 Å². The van der Waals surface area contributed by atoms with Crippen molar-refractivity contribution in [1.29, 1.82) is 0 Å². The van der Waals surface area contributed by atoms with Gasteiger partial charge in [0.15, 0.2) is 0 Å². The Morgan fingerprint density at radius 3 is 2.45 bits per heavy atom. The molecule has 1 aliphatic carbocycles. The molecule has 0 aromatic heterocycles. The molecule has 110 valence electrons. The molecule has 0 unspecified atom stereocenters. The van der Waals surface area contributed by atoms with E-state index < -0.39 is 21.5 Å². The summed E-state index contributed by atoms with van der Waals surface area (Å²) < 4.78 is 27.8. The van der Waals surface area contributed by atoms with Crippen LogP contribution in [-0.2, 0) is 10.0 Å². The summed E-state index contributed by atoms with van der Waals surface area (Å²) in [5.41, 5.74) is -0.369. The number of carbonyl (C=O) groups is 1. The first-order chi connectivity index (χ1) is 9.23. The number of hydrogen-bond donors (Lipinski definition) is 2. The van der Waals surface area contributed by atoms with E-state index >= 15 is 0 Å². The van der Waals surface area contributed by atoms with Crippen LogP contribution in [0.5, 0.6) is 0 Å². The van der Waals surface area contributed by atoms with E-state index in [9.17, 15) is 13.2 Å². The highest BCUT2D eigenvalue weighted by atomic mass is 79.9. The van der Waals surface area contributed by atoms with Crippen LogP contribution in [0.1, 0.15) is 43.0 Å². The van der Waals surface area contributed by atoms with Gasteiger partial charge in [-0.3, -0.25) is 0 Å². The summed E-state index contributed by atoms with van der Waals surface area (Å²) in [6.07, 6.45) is 3.66. The van der Waals surface area contributed by atoms with E-state index in [0.717, 1.165) is 25.7 Å². The van der Waals surface area contributed by atoms with Crippen LogP contribution in [0.15, 0.2) is 27.6 Å². The number of halogens is 1. The third-order valence-corrected chi connectivity index (χ3v) is 6.17. The van der Waals surface area contributed by atoms with E-state index in [4.69, 9.17) is 5.11 Å². The molecule has 0 saturated heterocycles. The van der Waals surface area contributed by atoms with Gasteiger partial charge < -0.3 is 5.11 Å². The number of carboxylic acid groups (broad SMARTS) is 1. The van der Waals surface area contributed by atoms with Gasteiger partial charge in [-0.1, -0.05) is 12.8 Å². The summed E-state index contributed by atoms with van der Waals surface area (Å²) in [7, 11) is -3.67. The zero-order chi connectivity index (χ0) is 15.0. The first kappa shape index (κ1) is 15.5. The SMILES string of the molecule is CC1(NS(=O)(=O)c2ccc(C(=O)O)cc2Br)CCCC1. The van der Waals surface area contributed by atoms with Crippen LogP contribution in [0.3, 0.4) is 0 Å². The Hall–Kier alpha value is -0.920. The summed E-state index contributed by atoms with van der Waals surface area (Å²) in [4.78, 5) is 10.9. The van der Waals surface area contributed by atoms with Gasteiger partial charge in [-0.15, -0.1) is 0 Å². The number of rotatable bonds is 4. The lowest BCUT2D eigenvalue weighted by Crippen LogP contribution is -2.43. The van der Waals surface area contributed by atoms with Crippen molar-refractivity contribution in [3.63, 3.8) is 0 Å². The van der Waals surface area contributed by atoms with Gasteiger partial charge in [0.2, 0.25) is 10.0 Å². The number of hydrogen-bond acceptors (Lipinski definition) is 3. The standard InChI is InChI=1S/C13H16BrNO4S/c1-13(6-2-3-7-13)15-20(18,19)11-5-4-9(12(16)17)8-10(11)14/h4-5,8,15H,2-3,6-7H2,1H3,(H,16,17). The number of benzene rings is 1. The lowest BCUT2D eigenvalue weighted by molar-refractivity contribution is 0.0696. The highest BCUT2D eigenvalue weighted by Gasteiger charge is 2.34. The topological polar surface area (TPSA) is 83.5 Å². The predicted molar refractivity (Wildman–Crippen MR) is 78.3 cm³/mol. The van der Waals surface area contributed by atoms with E-state index in [1.54, 1.807) is 0 Å². The van der Waals surface area contributed by atoms with Gasteiger partial charge in [-0.05, 0) is 53.9 Å². The summed E-state index contributed by atoms with van der Waals surface area (Å²) in [6.45, 7) is 1.90. The van der Waals surface area contributed by atoms with Crippen LogP contribution in [0.25, 0.3) is 0 Å². The van der Waals surface area contributed by atoms with Crippen LogP contribution in [0, 0.1) is 0 Å². The fraction of sp³-hybridized carbons (Fsp3) is 0.462. The molecular weight excluding hydrogens is 346 g/mol. The monoisotopic (exact) mass is 361 g/mol. The Bertz CT molecular complexity index is 636. The number of carboxylic acids is 1. The van der Waals surface area contributed by atoms with Gasteiger partial charge in [0.05, 0.1) is 10.5 Å². The maximum atomic E-state index is 12.4. The second-order valence-corrected chi connectivity index (χ2v) is 7.83. The highest BCUT2D eigenvalue weighted by Crippen LogP contribution is 2.32. The fourth-order valence-corrected chi connectivity index (χ4v) is 5.03. The van der Waals surface area contributed by atoms with E-state index in [-0.39, 0.29) is 14.9 Å². The van der Waals surface area contributed by atoms with Crippen molar-refractivity contribution in [3.8, 4) is 0 Å². The zero-order valence-corrected chi connectivity index (χ0v) is 13.4. The van der Waals surface area contributed by atoms with Gasteiger partial charge in [0.1, 0.15) is 0 Å². The lowest BCUT2D eigenvalue weighted by atomic mass is 10.0. The first-order valence-corrected chi connectivity index (χ1v) is 8.58. The largest absolute Gasteiger partial charge is 0.478 e.